The molecule has 1 unspecified atom stereocenters. The molecule has 2 heterocycles. The fraction of sp³-hybridized carbons (Fsp3) is 0.462. The van der Waals surface area contributed by atoms with E-state index in [0.717, 1.165) is 19.5 Å². The van der Waals surface area contributed by atoms with Gasteiger partial charge in [-0.15, -0.1) is 0 Å². The van der Waals surface area contributed by atoms with Crippen LogP contribution in [0.15, 0.2) is 36.2 Å². The van der Waals surface area contributed by atoms with Crippen molar-refractivity contribution < 1.29 is 0 Å². The summed E-state index contributed by atoms with van der Waals surface area (Å²) >= 11 is 0. The Balaban J connectivity index is 2.12. The van der Waals surface area contributed by atoms with Gasteiger partial charge in [-0.2, -0.15) is 0 Å². The maximum absolute atomic E-state index is 5.88. The Bertz CT molecular complexity index is 359. The van der Waals surface area contributed by atoms with E-state index in [4.69, 9.17) is 5.73 Å². The minimum absolute atomic E-state index is 0.304. The van der Waals surface area contributed by atoms with Crippen LogP contribution in [0.5, 0.6) is 0 Å². The van der Waals surface area contributed by atoms with E-state index in [1.165, 1.54) is 11.1 Å². The molecule has 1 atom stereocenters. The third-order valence-corrected chi connectivity index (χ3v) is 3.20. The highest BCUT2D eigenvalue weighted by molar-refractivity contribution is 5.16. The summed E-state index contributed by atoms with van der Waals surface area (Å²) in [5.41, 5.74) is 8.58. The first-order valence-corrected chi connectivity index (χ1v) is 5.81. The molecule has 2 rings (SSSR count). The molecular weight excluding hydrogens is 198 g/mol. The van der Waals surface area contributed by atoms with Crippen LogP contribution in [0.1, 0.15) is 24.9 Å². The molecule has 0 saturated heterocycles. The van der Waals surface area contributed by atoms with E-state index in [1.807, 2.05) is 12.3 Å². The Hall–Kier alpha value is -1.19. The van der Waals surface area contributed by atoms with Crippen LogP contribution < -0.4 is 5.73 Å². The highest BCUT2D eigenvalue weighted by Crippen LogP contribution is 2.22. The number of nitrogens with zero attached hydrogens (tertiary/aromatic N) is 2. The average molecular weight is 217 g/mol. The van der Waals surface area contributed by atoms with Crippen molar-refractivity contribution in [1.82, 2.24) is 9.88 Å². The molecule has 1 aliphatic rings. The van der Waals surface area contributed by atoms with Crippen LogP contribution in [0, 0.1) is 0 Å². The van der Waals surface area contributed by atoms with Crippen molar-refractivity contribution in [3.63, 3.8) is 0 Å². The number of pyridine rings is 1. The summed E-state index contributed by atoms with van der Waals surface area (Å²) in [6, 6.07) is 4.39. The van der Waals surface area contributed by atoms with Gasteiger partial charge in [-0.25, -0.2) is 0 Å². The molecule has 3 heteroatoms. The SMILES string of the molecule is CC1=CCN(C(CN)c2cccnc2)CC1. The summed E-state index contributed by atoms with van der Waals surface area (Å²) < 4.78 is 0. The molecule has 1 aromatic heterocycles. The molecule has 2 N–H and O–H groups in total. The third kappa shape index (κ3) is 2.49. The molecular formula is C13H19N3. The Labute approximate surface area is 97.0 Å². The standard InChI is InChI=1S/C13H19N3/c1-11-4-7-16(8-5-11)13(9-14)12-3-2-6-15-10-12/h2-4,6,10,13H,5,7-9,14H2,1H3. The maximum atomic E-state index is 5.88. The van der Waals surface area contributed by atoms with E-state index < -0.39 is 0 Å². The van der Waals surface area contributed by atoms with E-state index in [-0.39, 0.29) is 0 Å². The van der Waals surface area contributed by atoms with Crippen molar-refractivity contribution in [2.75, 3.05) is 19.6 Å². The predicted octanol–water partition coefficient (Wildman–Crippen LogP) is 1.73. The second kappa shape index (κ2) is 5.23. The molecule has 1 aromatic rings. The molecule has 0 amide bonds. The fourth-order valence-corrected chi connectivity index (χ4v) is 2.14. The quantitative estimate of drug-likeness (QED) is 0.784. The lowest BCUT2D eigenvalue weighted by molar-refractivity contribution is 0.217. The lowest BCUT2D eigenvalue weighted by Gasteiger charge is -2.32. The van der Waals surface area contributed by atoms with Crippen LogP contribution in [0.3, 0.4) is 0 Å². The number of aromatic nitrogens is 1. The van der Waals surface area contributed by atoms with Crippen molar-refractivity contribution in [2.24, 2.45) is 5.73 Å². The number of hydrogen-bond acceptors (Lipinski definition) is 3. The Morgan fingerprint density at radius 3 is 3.00 bits per heavy atom. The van der Waals surface area contributed by atoms with E-state index in [9.17, 15) is 0 Å². The van der Waals surface area contributed by atoms with Crippen molar-refractivity contribution in [3.8, 4) is 0 Å². The number of nitrogens with two attached hydrogens (primary N) is 1. The van der Waals surface area contributed by atoms with Crippen molar-refractivity contribution in [3.05, 3.63) is 41.7 Å². The monoisotopic (exact) mass is 217 g/mol. The van der Waals surface area contributed by atoms with Crippen LogP contribution in [0.2, 0.25) is 0 Å². The minimum atomic E-state index is 0.304. The zero-order chi connectivity index (χ0) is 11.4. The van der Waals surface area contributed by atoms with Gasteiger partial charge in [0.25, 0.3) is 0 Å². The molecule has 0 saturated carbocycles. The van der Waals surface area contributed by atoms with Gasteiger partial charge >= 0.3 is 0 Å². The zero-order valence-electron chi connectivity index (χ0n) is 9.76. The molecule has 0 fully saturated rings. The second-order valence-corrected chi connectivity index (χ2v) is 4.33. The van der Waals surface area contributed by atoms with Gasteiger partial charge in [-0.05, 0) is 25.0 Å². The summed E-state index contributed by atoms with van der Waals surface area (Å²) in [4.78, 5) is 6.59. The number of hydrogen-bond donors (Lipinski definition) is 1. The van der Waals surface area contributed by atoms with Gasteiger partial charge in [-0.3, -0.25) is 9.88 Å². The number of rotatable bonds is 3. The first kappa shape index (κ1) is 11.3. The molecule has 0 spiro atoms. The second-order valence-electron chi connectivity index (χ2n) is 4.33. The predicted molar refractivity (Wildman–Crippen MR) is 66.0 cm³/mol. The van der Waals surface area contributed by atoms with Crippen LogP contribution in [0.25, 0.3) is 0 Å². The highest BCUT2D eigenvalue weighted by atomic mass is 15.2. The minimum Gasteiger partial charge on any atom is -0.329 e. The first-order chi connectivity index (χ1) is 7.81. The largest absolute Gasteiger partial charge is 0.329 e. The lowest BCUT2D eigenvalue weighted by atomic mass is 10.0. The van der Waals surface area contributed by atoms with Crippen molar-refractivity contribution >= 4 is 0 Å². The summed E-state index contributed by atoms with van der Waals surface area (Å²) in [5, 5.41) is 0. The Kier molecular flexibility index (Phi) is 3.70. The van der Waals surface area contributed by atoms with E-state index in [0.29, 0.717) is 12.6 Å². The summed E-state index contributed by atoms with van der Waals surface area (Å²) in [7, 11) is 0. The smallest absolute Gasteiger partial charge is 0.0489 e. The molecule has 86 valence electrons. The third-order valence-electron chi connectivity index (χ3n) is 3.20. The average Bonchev–Trinajstić information content (AvgIpc) is 2.34. The van der Waals surface area contributed by atoms with E-state index in [1.54, 1.807) is 6.20 Å². The van der Waals surface area contributed by atoms with Gasteiger partial charge in [0.1, 0.15) is 0 Å². The van der Waals surface area contributed by atoms with Gasteiger partial charge < -0.3 is 5.73 Å². The maximum Gasteiger partial charge on any atom is 0.0489 e. The van der Waals surface area contributed by atoms with Gasteiger partial charge in [0.15, 0.2) is 0 Å². The molecule has 0 radical (unpaired) electrons. The molecule has 1 aliphatic heterocycles. The molecule has 0 aromatic carbocycles. The lowest BCUT2D eigenvalue weighted by Crippen LogP contribution is -2.36. The van der Waals surface area contributed by atoms with Gasteiger partial charge in [0.05, 0.1) is 0 Å². The van der Waals surface area contributed by atoms with Gasteiger partial charge in [0.2, 0.25) is 0 Å². The first-order valence-electron chi connectivity index (χ1n) is 5.81. The summed E-state index contributed by atoms with van der Waals surface area (Å²) in [6.45, 7) is 4.94. The normalized spacial score (nSPS) is 19.2. The molecule has 0 aliphatic carbocycles. The Morgan fingerprint density at radius 2 is 2.44 bits per heavy atom. The molecule has 16 heavy (non-hydrogen) atoms. The topological polar surface area (TPSA) is 42.1 Å². The fourth-order valence-electron chi connectivity index (χ4n) is 2.14. The summed E-state index contributed by atoms with van der Waals surface area (Å²) in [5.74, 6) is 0. The van der Waals surface area contributed by atoms with E-state index in [2.05, 4.69) is 29.0 Å². The molecule has 0 bridgehead atoms. The van der Waals surface area contributed by atoms with Gasteiger partial charge in [0, 0.05) is 38.1 Å². The molecule has 3 nitrogen and oxygen atoms in total. The van der Waals surface area contributed by atoms with Crippen LogP contribution in [-0.2, 0) is 0 Å². The zero-order valence-corrected chi connectivity index (χ0v) is 9.76. The van der Waals surface area contributed by atoms with Crippen LogP contribution in [0.4, 0.5) is 0 Å². The van der Waals surface area contributed by atoms with Crippen LogP contribution >= 0.6 is 0 Å². The van der Waals surface area contributed by atoms with Crippen molar-refractivity contribution in [1.29, 1.82) is 0 Å². The summed E-state index contributed by atoms with van der Waals surface area (Å²) in [6.07, 6.45) is 7.17. The van der Waals surface area contributed by atoms with Crippen LogP contribution in [-0.4, -0.2) is 29.5 Å². The Morgan fingerprint density at radius 1 is 1.56 bits per heavy atom. The van der Waals surface area contributed by atoms with E-state index >= 15 is 0 Å². The highest BCUT2D eigenvalue weighted by Gasteiger charge is 2.20. The van der Waals surface area contributed by atoms with Crippen molar-refractivity contribution in [2.45, 2.75) is 19.4 Å². The van der Waals surface area contributed by atoms with Gasteiger partial charge in [-0.1, -0.05) is 17.7 Å².